The second kappa shape index (κ2) is 3.64. The SMILES string of the molecule is CC(O)c1cc(-c2ccccc2)no1. The fraction of sp³-hybridized carbons (Fsp3) is 0.182. The van der Waals surface area contributed by atoms with Crippen molar-refractivity contribution in [2.75, 3.05) is 0 Å². The largest absolute Gasteiger partial charge is 0.385 e. The summed E-state index contributed by atoms with van der Waals surface area (Å²) in [5, 5.41) is 13.1. The van der Waals surface area contributed by atoms with Gasteiger partial charge in [-0.25, -0.2) is 0 Å². The molecule has 1 atom stereocenters. The molecule has 1 aromatic carbocycles. The number of nitrogens with zero attached hydrogens (tertiary/aromatic N) is 1. The topological polar surface area (TPSA) is 46.3 Å². The maximum absolute atomic E-state index is 9.25. The van der Waals surface area contributed by atoms with Gasteiger partial charge < -0.3 is 9.63 Å². The highest BCUT2D eigenvalue weighted by Crippen LogP contribution is 2.21. The van der Waals surface area contributed by atoms with Crippen LogP contribution in [0, 0.1) is 0 Å². The molecule has 1 aromatic heterocycles. The van der Waals surface area contributed by atoms with E-state index in [1.165, 1.54) is 0 Å². The smallest absolute Gasteiger partial charge is 0.165 e. The van der Waals surface area contributed by atoms with Crippen LogP contribution in [0.3, 0.4) is 0 Å². The Morgan fingerprint density at radius 1 is 1.29 bits per heavy atom. The van der Waals surface area contributed by atoms with Gasteiger partial charge in [0.15, 0.2) is 5.76 Å². The third-order valence-electron chi connectivity index (χ3n) is 2.01. The predicted octanol–water partition coefficient (Wildman–Crippen LogP) is 2.39. The molecule has 1 heterocycles. The third kappa shape index (κ3) is 1.67. The van der Waals surface area contributed by atoms with Crippen molar-refractivity contribution in [3.8, 4) is 11.3 Å². The van der Waals surface area contributed by atoms with Gasteiger partial charge in [0.2, 0.25) is 0 Å². The molecule has 72 valence electrons. The highest BCUT2D eigenvalue weighted by Gasteiger charge is 2.09. The fourth-order valence-electron chi connectivity index (χ4n) is 1.23. The molecule has 0 amide bonds. The Morgan fingerprint density at radius 2 is 2.00 bits per heavy atom. The van der Waals surface area contributed by atoms with Crippen molar-refractivity contribution in [3.05, 3.63) is 42.2 Å². The molecular formula is C11H11NO2. The number of rotatable bonds is 2. The quantitative estimate of drug-likeness (QED) is 0.789. The fourth-order valence-corrected chi connectivity index (χ4v) is 1.23. The zero-order valence-electron chi connectivity index (χ0n) is 7.84. The van der Waals surface area contributed by atoms with Gasteiger partial charge in [0.25, 0.3) is 0 Å². The molecule has 0 aliphatic heterocycles. The molecule has 2 rings (SSSR count). The lowest BCUT2D eigenvalue weighted by atomic mass is 10.1. The first kappa shape index (κ1) is 8.97. The van der Waals surface area contributed by atoms with E-state index >= 15 is 0 Å². The summed E-state index contributed by atoms with van der Waals surface area (Å²) >= 11 is 0. The molecule has 0 saturated carbocycles. The average molecular weight is 189 g/mol. The Morgan fingerprint density at radius 3 is 2.57 bits per heavy atom. The number of aromatic nitrogens is 1. The first-order chi connectivity index (χ1) is 6.77. The van der Waals surface area contributed by atoms with E-state index in [9.17, 15) is 5.11 Å². The number of hydrogen-bond acceptors (Lipinski definition) is 3. The van der Waals surface area contributed by atoms with E-state index in [1.807, 2.05) is 30.3 Å². The first-order valence-corrected chi connectivity index (χ1v) is 4.47. The molecule has 0 radical (unpaired) electrons. The van der Waals surface area contributed by atoms with E-state index in [0.717, 1.165) is 11.3 Å². The number of aliphatic hydroxyl groups excluding tert-OH is 1. The summed E-state index contributed by atoms with van der Waals surface area (Å²) in [6.45, 7) is 1.65. The van der Waals surface area contributed by atoms with Crippen LogP contribution in [-0.2, 0) is 0 Å². The van der Waals surface area contributed by atoms with Crippen molar-refractivity contribution >= 4 is 0 Å². The van der Waals surface area contributed by atoms with Gasteiger partial charge in [0.1, 0.15) is 11.8 Å². The second-order valence-electron chi connectivity index (χ2n) is 3.16. The van der Waals surface area contributed by atoms with Crippen LogP contribution in [0.4, 0.5) is 0 Å². The summed E-state index contributed by atoms with van der Waals surface area (Å²) in [6.07, 6.45) is -0.611. The van der Waals surface area contributed by atoms with Crippen molar-refractivity contribution in [1.82, 2.24) is 5.16 Å². The third-order valence-corrected chi connectivity index (χ3v) is 2.01. The molecule has 0 aliphatic carbocycles. The summed E-state index contributed by atoms with van der Waals surface area (Å²) in [5.74, 6) is 0.490. The van der Waals surface area contributed by atoms with Crippen molar-refractivity contribution in [3.63, 3.8) is 0 Å². The Bertz CT molecular complexity index is 406. The lowest BCUT2D eigenvalue weighted by Gasteiger charge is -1.93. The molecule has 0 saturated heterocycles. The molecule has 0 fully saturated rings. The normalized spacial score (nSPS) is 12.7. The van der Waals surface area contributed by atoms with Crippen molar-refractivity contribution < 1.29 is 9.63 Å². The van der Waals surface area contributed by atoms with Crippen LogP contribution in [0.2, 0.25) is 0 Å². The summed E-state index contributed by atoms with van der Waals surface area (Å²) < 4.78 is 4.98. The van der Waals surface area contributed by atoms with Gasteiger partial charge in [0.05, 0.1) is 0 Å². The lowest BCUT2D eigenvalue weighted by molar-refractivity contribution is 0.158. The van der Waals surface area contributed by atoms with Crippen LogP contribution >= 0.6 is 0 Å². The van der Waals surface area contributed by atoms with Gasteiger partial charge in [-0.05, 0) is 6.92 Å². The molecule has 3 heteroatoms. The van der Waals surface area contributed by atoms with Gasteiger partial charge in [-0.2, -0.15) is 0 Å². The molecule has 0 spiro atoms. The molecule has 3 nitrogen and oxygen atoms in total. The van der Waals surface area contributed by atoms with Crippen LogP contribution < -0.4 is 0 Å². The van der Waals surface area contributed by atoms with E-state index in [2.05, 4.69) is 5.16 Å². The number of hydrogen-bond donors (Lipinski definition) is 1. The molecule has 14 heavy (non-hydrogen) atoms. The number of aliphatic hydroxyl groups is 1. The zero-order valence-corrected chi connectivity index (χ0v) is 7.84. The summed E-state index contributed by atoms with van der Waals surface area (Å²) in [5.41, 5.74) is 1.74. The average Bonchev–Trinajstić information content (AvgIpc) is 2.68. The van der Waals surface area contributed by atoms with Crippen molar-refractivity contribution in [1.29, 1.82) is 0 Å². The molecular weight excluding hydrogens is 178 g/mol. The lowest BCUT2D eigenvalue weighted by Crippen LogP contribution is -1.85. The molecule has 0 bridgehead atoms. The van der Waals surface area contributed by atoms with Crippen LogP contribution in [0.1, 0.15) is 18.8 Å². The van der Waals surface area contributed by atoms with Gasteiger partial charge in [-0.3, -0.25) is 0 Å². The summed E-state index contributed by atoms with van der Waals surface area (Å²) in [4.78, 5) is 0. The first-order valence-electron chi connectivity index (χ1n) is 4.47. The van der Waals surface area contributed by atoms with E-state index in [-0.39, 0.29) is 0 Å². The van der Waals surface area contributed by atoms with Crippen molar-refractivity contribution in [2.24, 2.45) is 0 Å². The Balaban J connectivity index is 2.34. The van der Waals surface area contributed by atoms with Gasteiger partial charge >= 0.3 is 0 Å². The Hall–Kier alpha value is -1.61. The van der Waals surface area contributed by atoms with E-state index in [0.29, 0.717) is 5.76 Å². The highest BCUT2D eigenvalue weighted by atomic mass is 16.5. The van der Waals surface area contributed by atoms with Gasteiger partial charge in [-0.15, -0.1) is 0 Å². The minimum absolute atomic E-state index is 0.490. The molecule has 0 aliphatic rings. The summed E-state index contributed by atoms with van der Waals surface area (Å²) in [7, 11) is 0. The number of benzene rings is 1. The maximum Gasteiger partial charge on any atom is 0.165 e. The Labute approximate surface area is 82.0 Å². The predicted molar refractivity (Wildman–Crippen MR) is 52.6 cm³/mol. The Kier molecular flexibility index (Phi) is 2.33. The van der Waals surface area contributed by atoms with Crippen LogP contribution in [0.5, 0.6) is 0 Å². The highest BCUT2D eigenvalue weighted by molar-refractivity contribution is 5.58. The standard InChI is InChI=1S/C11H11NO2/c1-8(13)11-7-10(12-14-11)9-5-3-2-4-6-9/h2-8,13H,1H3. The zero-order chi connectivity index (χ0) is 9.97. The molecule has 1 N–H and O–H groups in total. The van der Waals surface area contributed by atoms with Crippen LogP contribution in [-0.4, -0.2) is 10.3 Å². The maximum atomic E-state index is 9.25. The molecule has 1 unspecified atom stereocenters. The minimum Gasteiger partial charge on any atom is -0.385 e. The van der Waals surface area contributed by atoms with Gasteiger partial charge in [-0.1, -0.05) is 35.5 Å². The minimum atomic E-state index is -0.611. The van der Waals surface area contributed by atoms with Gasteiger partial charge in [0, 0.05) is 11.6 Å². The van der Waals surface area contributed by atoms with Crippen LogP contribution in [0.15, 0.2) is 40.9 Å². The van der Waals surface area contributed by atoms with E-state index < -0.39 is 6.10 Å². The molecule has 2 aromatic rings. The monoisotopic (exact) mass is 189 g/mol. The summed E-state index contributed by atoms with van der Waals surface area (Å²) in [6, 6.07) is 11.5. The van der Waals surface area contributed by atoms with Crippen LogP contribution in [0.25, 0.3) is 11.3 Å². The van der Waals surface area contributed by atoms with E-state index in [1.54, 1.807) is 13.0 Å². The van der Waals surface area contributed by atoms with Crippen molar-refractivity contribution in [2.45, 2.75) is 13.0 Å². The van der Waals surface area contributed by atoms with E-state index in [4.69, 9.17) is 4.52 Å². The second-order valence-corrected chi connectivity index (χ2v) is 3.16.